The topological polar surface area (TPSA) is 25.2 Å². The quantitative estimate of drug-likeness (QED) is 0.866. The highest BCUT2D eigenvalue weighted by molar-refractivity contribution is 5.12. The molecular weight excluding hydrogens is 222 g/mol. The van der Waals surface area contributed by atoms with Gasteiger partial charge in [-0.05, 0) is 56.2 Å². The van der Waals surface area contributed by atoms with E-state index in [0.29, 0.717) is 12.0 Å². The predicted molar refractivity (Wildman–Crippen MR) is 75.6 cm³/mol. The first-order valence-corrected chi connectivity index (χ1v) is 7.39. The fraction of sp³-hybridized carbons (Fsp3) is 0.750. The molecule has 0 aromatic carbocycles. The van der Waals surface area contributed by atoms with E-state index in [9.17, 15) is 0 Å². The molecule has 1 aliphatic carbocycles. The van der Waals surface area contributed by atoms with Crippen LogP contribution in [0.3, 0.4) is 0 Å². The molecule has 1 N–H and O–H groups in total. The van der Waals surface area contributed by atoms with E-state index in [0.717, 1.165) is 29.8 Å². The van der Waals surface area contributed by atoms with Crippen LogP contribution in [0.5, 0.6) is 0 Å². The summed E-state index contributed by atoms with van der Waals surface area (Å²) >= 11 is 0. The van der Waals surface area contributed by atoms with Crippen molar-refractivity contribution >= 4 is 0 Å². The van der Waals surface area contributed by atoms with Crippen LogP contribution >= 0.6 is 0 Å². The molecule has 0 bridgehead atoms. The van der Waals surface area contributed by atoms with E-state index in [2.05, 4.69) is 45.3 Å². The van der Waals surface area contributed by atoms with Crippen LogP contribution in [-0.2, 0) is 6.42 Å². The second-order valence-electron chi connectivity index (χ2n) is 6.10. The lowest BCUT2D eigenvalue weighted by Crippen LogP contribution is -2.31. The van der Waals surface area contributed by atoms with Crippen LogP contribution in [0.25, 0.3) is 0 Å². The Morgan fingerprint density at radius 1 is 1.22 bits per heavy atom. The summed E-state index contributed by atoms with van der Waals surface area (Å²) in [7, 11) is 2.06. The van der Waals surface area contributed by atoms with Crippen molar-refractivity contribution < 1.29 is 4.42 Å². The van der Waals surface area contributed by atoms with Gasteiger partial charge in [-0.2, -0.15) is 0 Å². The van der Waals surface area contributed by atoms with Gasteiger partial charge in [-0.1, -0.05) is 20.8 Å². The number of hydrogen-bond acceptors (Lipinski definition) is 2. The normalized spacial score (nSPS) is 30.3. The zero-order valence-corrected chi connectivity index (χ0v) is 12.2. The molecule has 1 aromatic rings. The second-order valence-corrected chi connectivity index (χ2v) is 6.10. The van der Waals surface area contributed by atoms with Crippen LogP contribution in [-0.4, -0.2) is 7.05 Å². The molecule has 1 aliphatic rings. The molecular formula is C16H27NO. The average Bonchev–Trinajstić information content (AvgIpc) is 2.77. The molecule has 3 atom stereocenters. The van der Waals surface area contributed by atoms with Crippen molar-refractivity contribution in [2.75, 3.05) is 7.05 Å². The Hall–Kier alpha value is -0.760. The summed E-state index contributed by atoms with van der Waals surface area (Å²) in [5.41, 5.74) is 0. The molecule has 2 nitrogen and oxygen atoms in total. The van der Waals surface area contributed by atoms with Crippen molar-refractivity contribution in [3.05, 3.63) is 23.7 Å². The van der Waals surface area contributed by atoms with Crippen LogP contribution in [0.15, 0.2) is 16.5 Å². The van der Waals surface area contributed by atoms with Gasteiger partial charge in [0.05, 0.1) is 6.04 Å². The van der Waals surface area contributed by atoms with Crippen molar-refractivity contribution in [3.63, 3.8) is 0 Å². The van der Waals surface area contributed by atoms with Gasteiger partial charge in [0.15, 0.2) is 0 Å². The molecule has 3 unspecified atom stereocenters. The Balaban J connectivity index is 2.12. The van der Waals surface area contributed by atoms with E-state index >= 15 is 0 Å². The lowest BCUT2D eigenvalue weighted by Gasteiger charge is -2.35. The van der Waals surface area contributed by atoms with Crippen molar-refractivity contribution in [1.82, 2.24) is 5.32 Å². The van der Waals surface area contributed by atoms with Crippen molar-refractivity contribution in [1.29, 1.82) is 0 Å². The summed E-state index contributed by atoms with van der Waals surface area (Å²) in [6.07, 6.45) is 5.00. The number of furan rings is 1. The highest BCUT2D eigenvalue weighted by Crippen LogP contribution is 2.40. The summed E-state index contributed by atoms with van der Waals surface area (Å²) in [6.45, 7) is 6.91. The molecule has 2 rings (SSSR count). The largest absolute Gasteiger partial charge is 0.464 e. The minimum atomic E-state index is 0.385. The molecule has 1 saturated carbocycles. The van der Waals surface area contributed by atoms with Crippen LogP contribution < -0.4 is 5.32 Å². The molecule has 102 valence electrons. The maximum absolute atomic E-state index is 5.95. The maximum Gasteiger partial charge on any atom is 0.121 e. The van der Waals surface area contributed by atoms with Crippen molar-refractivity contribution in [2.24, 2.45) is 17.8 Å². The van der Waals surface area contributed by atoms with E-state index in [1.54, 1.807) is 0 Å². The third-order valence-electron chi connectivity index (χ3n) is 4.33. The number of nitrogens with one attached hydrogen (secondary N) is 1. The van der Waals surface area contributed by atoms with Crippen molar-refractivity contribution in [2.45, 2.75) is 52.5 Å². The standard InChI is InChI=1S/C16H27NO/c1-5-14-6-7-15(18-14)16(17-4)13-9-11(2)8-12(3)10-13/h6-7,11-13,16-17H,5,8-10H2,1-4H3. The van der Waals surface area contributed by atoms with E-state index in [-0.39, 0.29) is 0 Å². The van der Waals surface area contributed by atoms with Gasteiger partial charge in [-0.15, -0.1) is 0 Å². The van der Waals surface area contributed by atoms with Crippen LogP contribution in [0.4, 0.5) is 0 Å². The highest BCUT2D eigenvalue weighted by atomic mass is 16.3. The Kier molecular flexibility index (Phi) is 4.50. The molecule has 1 aromatic heterocycles. The molecule has 0 radical (unpaired) electrons. The average molecular weight is 249 g/mol. The van der Waals surface area contributed by atoms with Crippen molar-refractivity contribution in [3.8, 4) is 0 Å². The number of rotatable bonds is 4. The van der Waals surface area contributed by atoms with Gasteiger partial charge in [-0.25, -0.2) is 0 Å². The molecule has 2 heteroatoms. The van der Waals surface area contributed by atoms with Gasteiger partial charge < -0.3 is 9.73 Å². The summed E-state index contributed by atoms with van der Waals surface area (Å²) in [6, 6.07) is 4.66. The molecule has 0 amide bonds. The monoisotopic (exact) mass is 249 g/mol. The third kappa shape index (κ3) is 2.97. The van der Waals surface area contributed by atoms with Gasteiger partial charge in [0.2, 0.25) is 0 Å². The van der Waals surface area contributed by atoms with Gasteiger partial charge in [0.25, 0.3) is 0 Å². The maximum atomic E-state index is 5.95. The minimum absolute atomic E-state index is 0.385. The summed E-state index contributed by atoms with van der Waals surface area (Å²) < 4.78 is 5.95. The Bertz CT molecular complexity index is 361. The van der Waals surface area contributed by atoms with E-state index in [1.165, 1.54) is 19.3 Å². The first kappa shape index (κ1) is 13.7. The summed E-state index contributed by atoms with van der Waals surface area (Å²) in [4.78, 5) is 0. The van der Waals surface area contributed by atoms with E-state index < -0.39 is 0 Å². The van der Waals surface area contributed by atoms with Gasteiger partial charge >= 0.3 is 0 Å². The SMILES string of the molecule is CCc1ccc(C(NC)C2CC(C)CC(C)C2)o1. The lowest BCUT2D eigenvalue weighted by molar-refractivity contribution is 0.168. The zero-order chi connectivity index (χ0) is 13.1. The first-order valence-electron chi connectivity index (χ1n) is 7.39. The number of hydrogen-bond donors (Lipinski definition) is 1. The minimum Gasteiger partial charge on any atom is -0.464 e. The first-order chi connectivity index (χ1) is 8.63. The van der Waals surface area contributed by atoms with Crippen LogP contribution in [0, 0.1) is 17.8 Å². The second kappa shape index (κ2) is 5.92. The fourth-order valence-electron chi connectivity index (χ4n) is 3.64. The molecule has 1 heterocycles. The van der Waals surface area contributed by atoms with E-state index in [1.807, 2.05) is 0 Å². The Morgan fingerprint density at radius 3 is 2.39 bits per heavy atom. The molecule has 0 spiro atoms. The van der Waals surface area contributed by atoms with Gasteiger partial charge in [0, 0.05) is 6.42 Å². The molecule has 0 aliphatic heterocycles. The zero-order valence-electron chi connectivity index (χ0n) is 12.2. The molecule has 1 fully saturated rings. The number of aryl methyl sites for hydroxylation is 1. The van der Waals surface area contributed by atoms with Crippen LogP contribution in [0.2, 0.25) is 0 Å². The van der Waals surface area contributed by atoms with Gasteiger partial charge in [0.1, 0.15) is 11.5 Å². The van der Waals surface area contributed by atoms with Crippen LogP contribution in [0.1, 0.15) is 57.6 Å². The summed E-state index contributed by atoms with van der Waals surface area (Å²) in [5.74, 6) is 4.62. The summed E-state index contributed by atoms with van der Waals surface area (Å²) in [5, 5.41) is 3.47. The highest BCUT2D eigenvalue weighted by Gasteiger charge is 2.31. The van der Waals surface area contributed by atoms with Gasteiger partial charge in [-0.3, -0.25) is 0 Å². The molecule has 0 saturated heterocycles. The molecule has 18 heavy (non-hydrogen) atoms. The fourth-order valence-corrected chi connectivity index (χ4v) is 3.64. The smallest absolute Gasteiger partial charge is 0.121 e. The Morgan fingerprint density at radius 2 is 1.89 bits per heavy atom. The third-order valence-corrected chi connectivity index (χ3v) is 4.33. The Labute approximate surface area is 111 Å². The van der Waals surface area contributed by atoms with E-state index in [4.69, 9.17) is 4.42 Å². The predicted octanol–water partition coefficient (Wildman–Crippen LogP) is 4.17. The lowest BCUT2D eigenvalue weighted by atomic mass is 9.73.